The van der Waals surface area contributed by atoms with Gasteiger partial charge in [-0.05, 0) is 37.1 Å². The highest BCUT2D eigenvalue weighted by molar-refractivity contribution is 5.89. The fourth-order valence-electron chi connectivity index (χ4n) is 1.75. The van der Waals surface area contributed by atoms with E-state index in [0.29, 0.717) is 17.9 Å². The van der Waals surface area contributed by atoms with Crippen molar-refractivity contribution in [3.63, 3.8) is 0 Å². The van der Waals surface area contributed by atoms with Crippen molar-refractivity contribution in [1.29, 1.82) is 0 Å². The molecular formula is C17H22N2O7. The molecule has 0 saturated carbocycles. The highest BCUT2D eigenvalue weighted by Gasteiger charge is 2.09. The average molecular weight is 366 g/mol. The van der Waals surface area contributed by atoms with Gasteiger partial charge >= 0.3 is 11.9 Å². The van der Waals surface area contributed by atoms with Crippen molar-refractivity contribution in [2.45, 2.75) is 32.6 Å². The maximum absolute atomic E-state index is 11.6. The van der Waals surface area contributed by atoms with Crippen LogP contribution in [0.3, 0.4) is 0 Å². The highest BCUT2D eigenvalue weighted by atomic mass is 16.5. The maximum atomic E-state index is 11.6. The van der Waals surface area contributed by atoms with Crippen LogP contribution >= 0.6 is 0 Å². The van der Waals surface area contributed by atoms with E-state index in [0.717, 1.165) is 6.42 Å². The molecule has 3 N–H and O–H groups in total. The summed E-state index contributed by atoms with van der Waals surface area (Å²) in [5.74, 6) is -2.11. The Morgan fingerprint density at radius 1 is 1.00 bits per heavy atom. The molecule has 0 aromatic heterocycles. The van der Waals surface area contributed by atoms with Crippen LogP contribution in [-0.2, 0) is 19.1 Å². The van der Waals surface area contributed by atoms with Crippen LogP contribution < -0.4 is 15.6 Å². The van der Waals surface area contributed by atoms with Crippen molar-refractivity contribution in [2.75, 3.05) is 13.2 Å². The van der Waals surface area contributed by atoms with Crippen molar-refractivity contribution in [3.8, 4) is 5.75 Å². The van der Waals surface area contributed by atoms with Gasteiger partial charge in [0.05, 0.1) is 12.2 Å². The van der Waals surface area contributed by atoms with Crippen LogP contribution in [0.15, 0.2) is 24.3 Å². The number of carboxylic acids is 1. The minimum atomic E-state index is -0.986. The first-order valence-electron chi connectivity index (χ1n) is 8.11. The molecule has 0 aliphatic heterocycles. The van der Waals surface area contributed by atoms with Crippen LogP contribution in [0.5, 0.6) is 5.75 Å². The molecule has 0 radical (unpaired) electrons. The molecule has 0 fully saturated rings. The van der Waals surface area contributed by atoms with E-state index in [1.54, 1.807) is 0 Å². The van der Waals surface area contributed by atoms with Crippen LogP contribution in [0.1, 0.15) is 43.0 Å². The number of ether oxygens (including phenoxy) is 2. The van der Waals surface area contributed by atoms with Gasteiger partial charge in [0.2, 0.25) is 5.91 Å². The number of hydrogen-bond acceptors (Lipinski definition) is 6. The summed E-state index contributed by atoms with van der Waals surface area (Å²) in [6.07, 6.45) is 0.786. The quantitative estimate of drug-likeness (QED) is 0.416. The lowest BCUT2D eigenvalue weighted by Gasteiger charge is -2.09. The summed E-state index contributed by atoms with van der Waals surface area (Å²) in [5.41, 5.74) is 4.70. The lowest BCUT2D eigenvalue weighted by molar-refractivity contribution is -0.137. The largest absolute Gasteiger partial charge is 0.484 e. The molecular weight excluding hydrogens is 344 g/mol. The van der Waals surface area contributed by atoms with Crippen LogP contribution in [0, 0.1) is 0 Å². The Labute approximate surface area is 150 Å². The summed E-state index contributed by atoms with van der Waals surface area (Å²) in [5, 5.41) is 8.46. The van der Waals surface area contributed by atoms with Crippen molar-refractivity contribution < 1.29 is 33.8 Å². The maximum Gasteiger partial charge on any atom is 0.338 e. The third-order valence-electron chi connectivity index (χ3n) is 3.03. The van der Waals surface area contributed by atoms with Gasteiger partial charge in [-0.15, -0.1) is 0 Å². The average Bonchev–Trinajstić information content (AvgIpc) is 2.62. The predicted molar refractivity (Wildman–Crippen MR) is 90.3 cm³/mol. The van der Waals surface area contributed by atoms with Gasteiger partial charge in [-0.2, -0.15) is 0 Å². The molecule has 0 spiro atoms. The zero-order valence-electron chi connectivity index (χ0n) is 14.4. The van der Waals surface area contributed by atoms with E-state index in [-0.39, 0.29) is 25.9 Å². The third-order valence-corrected chi connectivity index (χ3v) is 3.03. The first-order valence-corrected chi connectivity index (χ1v) is 8.11. The van der Waals surface area contributed by atoms with Crippen LogP contribution in [-0.4, -0.2) is 42.1 Å². The van der Waals surface area contributed by atoms with Gasteiger partial charge in [-0.3, -0.25) is 25.2 Å². The van der Waals surface area contributed by atoms with Crippen LogP contribution in [0.2, 0.25) is 0 Å². The molecule has 0 aliphatic rings. The van der Waals surface area contributed by atoms with Gasteiger partial charge < -0.3 is 14.6 Å². The first kappa shape index (κ1) is 20.9. The SMILES string of the molecule is CCCOC(=O)c1ccc(OCC(=O)NNC(=O)CCCC(=O)O)cc1. The van der Waals surface area contributed by atoms with Crippen molar-refractivity contribution in [1.82, 2.24) is 10.9 Å². The Hall–Kier alpha value is -3.10. The number of benzene rings is 1. The molecule has 0 aliphatic carbocycles. The fraction of sp³-hybridized carbons (Fsp3) is 0.412. The third kappa shape index (κ3) is 8.67. The molecule has 0 atom stereocenters. The smallest absolute Gasteiger partial charge is 0.338 e. The lowest BCUT2D eigenvalue weighted by Crippen LogP contribution is -2.43. The number of nitrogens with one attached hydrogen (secondary N) is 2. The molecule has 1 aromatic rings. The predicted octanol–water partition coefficient (Wildman–Crippen LogP) is 1.03. The standard InChI is InChI=1S/C17H22N2O7/c1-2-10-25-17(24)12-6-8-13(9-7-12)26-11-15(21)19-18-14(20)4-3-5-16(22)23/h6-9H,2-5,10-11H2,1H3,(H,18,20)(H,19,21)(H,22,23). The molecule has 0 heterocycles. The Bertz CT molecular complexity index is 629. The van der Waals surface area contributed by atoms with E-state index in [4.69, 9.17) is 14.6 Å². The van der Waals surface area contributed by atoms with E-state index in [1.807, 2.05) is 6.92 Å². The van der Waals surface area contributed by atoms with Crippen molar-refractivity contribution in [3.05, 3.63) is 29.8 Å². The van der Waals surface area contributed by atoms with Gasteiger partial charge in [0, 0.05) is 12.8 Å². The van der Waals surface area contributed by atoms with E-state index in [9.17, 15) is 19.2 Å². The normalized spacial score (nSPS) is 9.88. The molecule has 0 unspecified atom stereocenters. The number of esters is 1. The highest BCUT2D eigenvalue weighted by Crippen LogP contribution is 2.13. The van der Waals surface area contributed by atoms with E-state index < -0.39 is 23.8 Å². The number of hydrazine groups is 1. The van der Waals surface area contributed by atoms with E-state index in [1.165, 1.54) is 24.3 Å². The van der Waals surface area contributed by atoms with E-state index >= 15 is 0 Å². The summed E-state index contributed by atoms with van der Waals surface area (Å²) in [6.45, 7) is 1.90. The minimum Gasteiger partial charge on any atom is -0.484 e. The number of carbonyl (C=O) groups excluding carboxylic acids is 3. The second-order valence-electron chi connectivity index (χ2n) is 5.29. The Morgan fingerprint density at radius 3 is 2.27 bits per heavy atom. The summed E-state index contributed by atoms with van der Waals surface area (Å²) in [4.78, 5) is 44.9. The van der Waals surface area contributed by atoms with Crippen LogP contribution in [0.25, 0.3) is 0 Å². The molecule has 142 valence electrons. The molecule has 1 aromatic carbocycles. The summed E-state index contributed by atoms with van der Waals surface area (Å²) in [6, 6.07) is 6.10. The van der Waals surface area contributed by atoms with E-state index in [2.05, 4.69) is 10.9 Å². The molecule has 9 heteroatoms. The zero-order valence-corrected chi connectivity index (χ0v) is 14.4. The first-order chi connectivity index (χ1) is 12.4. The Kier molecular flexibility index (Phi) is 9.23. The molecule has 9 nitrogen and oxygen atoms in total. The molecule has 1 rings (SSSR count). The number of rotatable bonds is 10. The molecule has 26 heavy (non-hydrogen) atoms. The van der Waals surface area contributed by atoms with Gasteiger partial charge in [-0.1, -0.05) is 6.92 Å². The summed E-state index contributed by atoms with van der Waals surface area (Å²) >= 11 is 0. The van der Waals surface area contributed by atoms with Crippen LogP contribution in [0.4, 0.5) is 0 Å². The molecule has 0 saturated heterocycles. The van der Waals surface area contributed by atoms with Gasteiger partial charge in [-0.25, -0.2) is 4.79 Å². The summed E-state index contributed by atoms with van der Waals surface area (Å²) in [7, 11) is 0. The fourth-order valence-corrected chi connectivity index (χ4v) is 1.75. The number of carbonyl (C=O) groups is 4. The summed E-state index contributed by atoms with van der Waals surface area (Å²) < 4.78 is 10.2. The van der Waals surface area contributed by atoms with Crippen molar-refractivity contribution in [2.24, 2.45) is 0 Å². The number of hydrogen-bond donors (Lipinski definition) is 3. The monoisotopic (exact) mass is 366 g/mol. The Morgan fingerprint density at radius 2 is 1.65 bits per heavy atom. The number of carboxylic acid groups (broad SMARTS) is 1. The molecule has 0 bridgehead atoms. The van der Waals surface area contributed by atoms with Gasteiger partial charge in [0.1, 0.15) is 5.75 Å². The molecule has 2 amide bonds. The number of amides is 2. The lowest BCUT2D eigenvalue weighted by atomic mass is 10.2. The second-order valence-corrected chi connectivity index (χ2v) is 5.29. The van der Waals surface area contributed by atoms with Crippen molar-refractivity contribution >= 4 is 23.8 Å². The second kappa shape index (κ2) is 11.5. The number of aliphatic carboxylic acids is 1. The zero-order chi connectivity index (χ0) is 19.4. The Balaban J connectivity index is 2.28. The minimum absolute atomic E-state index is 0.0109. The van der Waals surface area contributed by atoms with Gasteiger partial charge in [0.25, 0.3) is 5.91 Å². The van der Waals surface area contributed by atoms with Gasteiger partial charge in [0.15, 0.2) is 6.61 Å². The topological polar surface area (TPSA) is 131 Å².